The highest BCUT2D eigenvalue weighted by Gasteiger charge is 2.08. The minimum atomic E-state index is 0.675. The first-order valence-electron chi connectivity index (χ1n) is 6.12. The van der Waals surface area contributed by atoms with E-state index in [1.54, 1.807) is 7.11 Å². The van der Waals surface area contributed by atoms with Gasteiger partial charge in [-0.2, -0.15) is 12.6 Å². The normalized spacial score (nSPS) is 12.8. The molecule has 0 saturated heterocycles. The Morgan fingerprint density at radius 1 is 1.41 bits per heavy atom. The molecule has 1 unspecified atom stereocenters. The molecular weight excluding hydrogens is 230 g/mol. The third kappa shape index (κ3) is 5.00. The number of methoxy groups -OCH3 is 1. The van der Waals surface area contributed by atoms with Gasteiger partial charge in [0, 0.05) is 13.1 Å². The zero-order chi connectivity index (χ0) is 12.7. The second-order valence-electron chi connectivity index (χ2n) is 4.51. The van der Waals surface area contributed by atoms with Gasteiger partial charge >= 0.3 is 0 Å². The van der Waals surface area contributed by atoms with Crippen LogP contribution in [0.3, 0.4) is 0 Å². The van der Waals surface area contributed by atoms with Gasteiger partial charge in [0.25, 0.3) is 0 Å². The second kappa shape index (κ2) is 7.62. The van der Waals surface area contributed by atoms with E-state index in [4.69, 9.17) is 4.74 Å². The highest BCUT2D eigenvalue weighted by molar-refractivity contribution is 7.80. The van der Waals surface area contributed by atoms with Crippen molar-refractivity contribution >= 4 is 12.6 Å². The summed E-state index contributed by atoms with van der Waals surface area (Å²) in [6.07, 6.45) is 1.19. The summed E-state index contributed by atoms with van der Waals surface area (Å²) in [5, 5.41) is 0. The molecule has 96 valence electrons. The van der Waals surface area contributed by atoms with Gasteiger partial charge in [-0.05, 0) is 36.4 Å². The summed E-state index contributed by atoms with van der Waals surface area (Å²) in [6, 6.07) is 8.25. The first-order chi connectivity index (χ1) is 8.19. The van der Waals surface area contributed by atoms with E-state index in [0.717, 1.165) is 24.6 Å². The Kier molecular flexibility index (Phi) is 6.45. The molecule has 1 aromatic carbocycles. The number of hydrogen-bond acceptors (Lipinski definition) is 3. The van der Waals surface area contributed by atoms with E-state index in [0.29, 0.717) is 5.92 Å². The number of hydrogen-bond donors (Lipinski definition) is 1. The summed E-state index contributed by atoms with van der Waals surface area (Å²) >= 11 is 4.38. The van der Waals surface area contributed by atoms with Crippen LogP contribution in [0.25, 0.3) is 0 Å². The maximum absolute atomic E-state index is 5.23. The monoisotopic (exact) mass is 253 g/mol. The lowest BCUT2D eigenvalue weighted by Crippen LogP contribution is -2.26. The molecule has 0 spiro atoms. The summed E-state index contributed by atoms with van der Waals surface area (Å²) in [7, 11) is 3.86. The Labute approximate surface area is 110 Å². The standard InChI is InChI=1S/C14H23NOS/c1-4-12(11-17)9-15(2)10-13-6-5-7-14(8-13)16-3/h5-8,12,17H,4,9-11H2,1-3H3. The van der Waals surface area contributed by atoms with Crippen LogP contribution in [0.15, 0.2) is 24.3 Å². The first-order valence-corrected chi connectivity index (χ1v) is 6.75. The van der Waals surface area contributed by atoms with Crippen LogP contribution < -0.4 is 4.74 Å². The molecule has 0 N–H and O–H groups in total. The maximum Gasteiger partial charge on any atom is 0.119 e. The number of thiol groups is 1. The predicted molar refractivity (Wildman–Crippen MR) is 77.0 cm³/mol. The Morgan fingerprint density at radius 2 is 2.18 bits per heavy atom. The first kappa shape index (κ1) is 14.4. The molecule has 0 aliphatic rings. The highest BCUT2D eigenvalue weighted by Crippen LogP contribution is 2.15. The molecule has 0 aromatic heterocycles. The van der Waals surface area contributed by atoms with Crippen LogP contribution >= 0.6 is 12.6 Å². The second-order valence-corrected chi connectivity index (χ2v) is 4.87. The zero-order valence-corrected chi connectivity index (χ0v) is 11.9. The molecule has 1 rings (SSSR count). The quantitative estimate of drug-likeness (QED) is 0.750. The lowest BCUT2D eigenvalue weighted by molar-refractivity contribution is 0.277. The largest absolute Gasteiger partial charge is 0.497 e. The summed E-state index contributed by atoms with van der Waals surface area (Å²) in [6.45, 7) is 4.28. The van der Waals surface area contributed by atoms with E-state index in [2.05, 4.69) is 43.6 Å². The third-order valence-corrected chi connectivity index (χ3v) is 3.51. The van der Waals surface area contributed by atoms with Crippen molar-refractivity contribution in [1.82, 2.24) is 4.90 Å². The van der Waals surface area contributed by atoms with Crippen molar-refractivity contribution < 1.29 is 4.74 Å². The molecule has 0 bridgehead atoms. The maximum atomic E-state index is 5.23. The molecule has 17 heavy (non-hydrogen) atoms. The van der Waals surface area contributed by atoms with Crippen LogP contribution in [0.1, 0.15) is 18.9 Å². The van der Waals surface area contributed by atoms with Gasteiger partial charge in [0.15, 0.2) is 0 Å². The lowest BCUT2D eigenvalue weighted by Gasteiger charge is -2.22. The molecule has 2 nitrogen and oxygen atoms in total. The van der Waals surface area contributed by atoms with E-state index < -0.39 is 0 Å². The van der Waals surface area contributed by atoms with Gasteiger partial charge in [-0.1, -0.05) is 25.5 Å². The molecule has 0 aliphatic carbocycles. The molecule has 1 aromatic rings. The predicted octanol–water partition coefficient (Wildman–Crippen LogP) is 3.08. The van der Waals surface area contributed by atoms with E-state index in [9.17, 15) is 0 Å². The minimum Gasteiger partial charge on any atom is -0.497 e. The van der Waals surface area contributed by atoms with Crippen LogP contribution in [0, 0.1) is 5.92 Å². The van der Waals surface area contributed by atoms with Crippen LogP contribution in [0.5, 0.6) is 5.75 Å². The fourth-order valence-electron chi connectivity index (χ4n) is 1.90. The van der Waals surface area contributed by atoms with Gasteiger partial charge in [-0.3, -0.25) is 0 Å². The van der Waals surface area contributed by atoms with Crippen molar-refractivity contribution in [3.8, 4) is 5.75 Å². The third-order valence-electron chi connectivity index (χ3n) is 2.99. The van der Waals surface area contributed by atoms with Crippen LogP contribution in [-0.4, -0.2) is 31.4 Å². The zero-order valence-electron chi connectivity index (χ0n) is 11.0. The van der Waals surface area contributed by atoms with Crippen LogP contribution in [-0.2, 0) is 6.54 Å². The molecule has 0 aliphatic heterocycles. The number of benzene rings is 1. The molecular formula is C14H23NOS. The van der Waals surface area contributed by atoms with E-state index in [-0.39, 0.29) is 0 Å². The van der Waals surface area contributed by atoms with Crippen molar-refractivity contribution in [1.29, 1.82) is 0 Å². The minimum absolute atomic E-state index is 0.675. The highest BCUT2D eigenvalue weighted by atomic mass is 32.1. The molecule has 0 fully saturated rings. The molecule has 0 radical (unpaired) electrons. The fraction of sp³-hybridized carbons (Fsp3) is 0.571. The van der Waals surface area contributed by atoms with Gasteiger partial charge in [0.2, 0.25) is 0 Å². The average molecular weight is 253 g/mol. The smallest absolute Gasteiger partial charge is 0.119 e. The summed E-state index contributed by atoms with van der Waals surface area (Å²) < 4.78 is 5.23. The number of rotatable bonds is 7. The van der Waals surface area contributed by atoms with E-state index >= 15 is 0 Å². The molecule has 1 atom stereocenters. The molecule has 0 saturated carbocycles. The van der Waals surface area contributed by atoms with Gasteiger partial charge in [-0.15, -0.1) is 0 Å². The van der Waals surface area contributed by atoms with Gasteiger partial charge in [0.05, 0.1) is 7.11 Å². The van der Waals surface area contributed by atoms with E-state index in [1.165, 1.54) is 12.0 Å². The summed E-state index contributed by atoms with van der Waals surface area (Å²) in [5.41, 5.74) is 1.29. The lowest BCUT2D eigenvalue weighted by atomic mass is 10.1. The van der Waals surface area contributed by atoms with Crippen molar-refractivity contribution in [2.45, 2.75) is 19.9 Å². The average Bonchev–Trinajstić information content (AvgIpc) is 2.36. The van der Waals surface area contributed by atoms with Gasteiger partial charge < -0.3 is 9.64 Å². The molecule has 0 heterocycles. The fourth-order valence-corrected chi connectivity index (χ4v) is 2.28. The van der Waals surface area contributed by atoms with E-state index in [1.807, 2.05) is 12.1 Å². The SMILES string of the molecule is CCC(CS)CN(C)Cc1cccc(OC)c1. The Morgan fingerprint density at radius 3 is 2.76 bits per heavy atom. The number of nitrogens with zero attached hydrogens (tertiary/aromatic N) is 1. The summed E-state index contributed by atoms with van der Waals surface area (Å²) in [5.74, 6) is 2.56. The van der Waals surface area contributed by atoms with Crippen LogP contribution in [0.2, 0.25) is 0 Å². The van der Waals surface area contributed by atoms with Crippen molar-refractivity contribution in [3.63, 3.8) is 0 Å². The van der Waals surface area contributed by atoms with Crippen LogP contribution in [0.4, 0.5) is 0 Å². The number of ether oxygens (including phenoxy) is 1. The topological polar surface area (TPSA) is 12.5 Å². The Hall–Kier alpha value is -0.670. The summed E-state index contributed by atoms with van der Waals surface area (Å²) in [4.78, 5) is 2.35. The Bertz CT molecular complexity index is 326. The molecule has 0 amide bonds. The van der Waals surface area contributed by atoms with Gasteiger partial charge in [0.1, 0.15) is 5.75 Å². The van der Waals surface area contributed by atoms with Gasteiger partial charge in [-0.25, -0.2) is 0 Å². The Balaban J connectivity index is 2.52. The molecule has 3 heteroatoms. The van der Waals surface area contributed by atoms with Crippen molar-refractivity contribution in [2.75, 3.05) is 26.5 Å². The van der Waals surface area contributed by atoms with Crippen molar-refractivity contribution in [3.05, 3.63) is 29.8 Å². The van der Waals surface area contributed by atoms with Crippen molar-refractivity contribution in [2.24, 2.45) is 5.92 Å².